The lowest BCUT2D eigenvalue weighted by atomic mass is 9.85. The molecular weight excluding hydrogens is 584 g/mol. The Labute approximate surface area is 218 Å². The third kappa shape index (κ3) is 4.15. The molecule has 0 spiro atoms. The molecule has 0 unspecified atom stereocenters. The van der Waals surface area contributed by atoms with E-state index in [-0.39, 0.29) is 29.9 Å². The number of halogens is 4. The molecule has 0 bridgehead atoms. The number of hydrogen-bond acceptors (Lipinski definition) is 3. The molecule has 1 aliphatic rings. The van der Waals surface area contributed by atoms with Gasteiger partial charge in [-0.1, -0.05) is 18.2 Å². The smallest absolute Gasteiger partial charge is 0.254 e. The van der Waals surface area contributed by atoms with E-state index in [1.54, 1.807) is 26.0 Å². The van der Waals surface area contributed by atoms with E-state index in [4.69, 9.17) is 4.42 Å². The van der Waals surface area contributed by atoms with E-state index in [0.717, 1.165) is 28.5 Å². The second-order valence-corrected chi connectivity index (χ2v) is 10.3. The number of furan rings is 1. The van der Waals surface area contributed by atoms with Crippen molar-refractivity contribution in [2.75, 3.05) is 4.90 Å². The van der Waals surface area contributed by atoms with Crippen LogP contribution in [0.2, 0.25) is 0 Å². The Balaban J connectivity index is 1.49. The molecule has 0 aliphatic carbocycles. The zero-order chi connectivity index (χ0) is 25.8. The van der Waals surface area contributed by atoms with Crippen LogP contribution >= 0.6 is 22.6 Å². The van der Waals surface area contributed by atoms with Crippen molar-refractivity contribution in [2.24, 2.45) is 0 Å². The van der Waals surface area contributed by atoms with E-state index in [1.807, 2.05) is 40.8 Å². The highest BCUT2D eigenvalue weighted by Crippen LogP contribution is 2.47. The highest BCUT2D eigenvalue weighted by molar-refractivity contribution is 14.1. The summed E-state index contributed by atoms with van der Waals surface area (Å²) in [5, 5.41) is 3.55. The van der Waals surface area contributed by atoms with Crippen LogP contribution in [0.3, 0.4) is 0 Å². The largest absolute Gasteiger partial charge is 0.459 e. The molecule has 1 N–H and O–H groups in total. The van der Waals surface area contributed by atoms with Crippen molar-refractivity contribution in [1.82, 2.24) is 5.32 Å². The summed E-state index contributed by atoms with van der Waals surface area (Å²) in [5.74, 6) is -3.08. The van der Waals surface area contributed by atoms with E-state index < -0.39 is 34.7 Å². The topological polar surface area (TPSA) is 62.6 Å². The van der Waals surface area contributed by atoms with Crippen LogP contribution in [0, 0.1) is 21.0 Å². The van der Waals surface area contributed by atoms with E-state index in [1.165, 1.54) is 6.07 Å². The van der Waals surface area contributed by atoms with Gasteiger partial charge < -0.3 is 14.6 Å². The van der Waals surface area contributed by atoms with Crippen molar-refractivity contribution in [3.8, 4) is 0 Å². The Kier molecular flexibility index (Phi) is 6.06. The average molecular weight is 604 g/mol. The summed E-state index contributed by atoms with van der Waals surface area (Å²) in [6, 6.07) is 13.5. The van der Waals surface area contributed by atoms with Gasteiger partial charge in [0, 0.05) is 20.6 Å². The van der Waals surface area contributed by atoms with Gasteiger partial charge in [-0.05, 0) is 72.3 Å². The Bertz CT molecular complexity index is 1490. The third-order valence-corrected chi connectivity index (χ3v) is 7.12. The number of rotatable bonds is 5. The molecule has 2 heterocycles. The van der Waals surface area contributed by atoms with Crippen LogP contribution in [0.1, 0.15) is 41.1 Å². The third-order valence-electron chi connectivity index (χ3n) is 6.27. The molecule has 0 saturated heterocycles. The molecule has 5 rings (SSSR count). The summed E-state index contributed by atoms with van der Waals surface area (Å²) in [6.07, 6.45) is 0. The second-order valence-electron chi connectivity index (χ2n) is 9.17. The summed E-state index contributed by atoms with van der Waals surface area (Å²) < 4.78 is 49.7. The first-order valence-corrected chi connectivity index (χ1v) is 12.2. The number of carbonyl (C=O) groups excluding carboxylic acids is 2. The van der Waals surface area contributed by atoms with Gasteiger partial charge in [-0.3, -0.25) is 9.59 Å². The Hall–Kier alpha value is -3.34. The summed E-state index contributed by atoms with van der Waals surface area (Å²) in [6.45, 7) is 3.10. The van der Waals surface area contributed by atoms with Crippen molar-refractivity contribution >= 4 is 51.1 Å². The van der Waals surface area contributed by atoms with Crippen molar-refractivity contribution in [3.63, 3.8) is 0 Å². The molecule has 0 atom stereocenters. The van der Waals surface area contributed by atoms with Gasteiger partial charge in [-0.25, -0.2) is 13.2 Å². The van der Waals surface area contributed by atoms with Gasteiger partial charge in [0.1, 0.15) is 23.0 Å². The lowest BCUT2D eigenvalue weighted by molar-refractivity contribution is -0.122. The minimum absolute atomic E-state index is 0.0390. The fraction of sp³-hybridized carbons (Fsp3) is 0.185. The molecule has 5 nitrogen and oxygen atoms in total. The molecule has 0 saturated carbocycles. The molecular formula is C27H20F3IN2O3. The summed E-state index contributed by atoms with van der Waals surface area (Å²) in [7, 11) is 0. The van der Waals surface area contributed by atoms with Crippen LogP contribution in [0.25, 0.3) is 11.0 Å². The molecule has 4 aromatic rings. The van der Waals surface area contributed by atoms with Crippen molar-refractivity contribution < 1.29 is 27.2 Å². The number of carbonyl (C=O) groups is 2. The second kappa shape index (κ2) is 8.95. The van der Waals surface area contributed by atoms with Gasteiger partial charge >= 0.3 is 0 Å². The van der Waals surface area contributed by atoms with Crippen LogP contribution in [0.15, 0.2) is 59.0 Å². The maximum absolute atomic E-state index is 15.9. The minimum Gasteiger partial charge on any atom is -0.459 e. The lowest BCUT2D eigenvalue weighted by Gasteiger charge is -2.21. The molecule has 0 fully saturated rings. The van der Waals surface area contributed by atoms with Gasteiger partial charge in [0.2, 0.25) is 5.91 Å². The van der Waals surface area contributed by atoms with Crippen molar-refractivity contribution in [3.05, 3.63) is 98.1 Å². The molecule has 0 radical (unpaired) electrons. The first-order chi connectivity index (χ1) is 17.1. The van der Waals surface area contributed by atoms with Crippen LogP contribution in [-0.4, -0.2) is 11.8 Å². The van der Waals surface area contributed by atoms with Crippen LogP contribution in [-0.2, 0) is 23.3 Å². The zero-order valence-electron chi connectivity index (χ0n) is 19.3. The Morgan fingerprint density at radius 3 is 2.44 bits per heavy atom. The number of amides is 2. The summed E-state index contributed by atoms with van der Waals surface area (Å²) >= 11 is 1.97. The number of fused-ring (bicyclic) bond motifs is 2. The van der Waals surface area contributed by atoms with E-state index in [9.17, 15) is 18.4 Å². The number of nitrogens with zero attached hydrogens (tertiary/aromatic N) is 1. The highest BCUT2D eigenvalue weighted by Gasteiger charge is 2.48. The Morgan fingerprint density at radius 1 is 1.06 bits per heavy atom. The number of nitrogens with one attached hydrogen (secondary N) is 1. The highest BCUT2D eigenvalue weighted by atomic mass is 127. The number of benzene rings is 3. The summed E-state index contributed by atoms with van der Waals surface area (Å²) in [4.78, 5) is 27.4. The fourth-order valence-electron chi connectivity index (χ4n) is 4.59. The molecule has 9 heteroatoms. The first-order valence-electron chi connectivity index (χ1n) is 11.1. The summed E-state index contributed by atoms with van der Waals surface area (Å²) in [5.41, 5.74) is -0.132. The van der Waals surface area contributed by atoms with Gasteiger partial charge in [0.15, 0.2) is 5.82 Å². The van der Waals surface area contributed by atoms with Crippen LogP contribution < -0.4 is 10.2 Å². The number of para-hydroxylation sites is 1. The maximum Gasteiger partial charge on any atom is 0.254 e. The molecule has 1 aromatic heterocycles. The lowest BCUT2D eigenvalue weighted by Crippen LogP contribution is -2.36. The van der Waals surface area contributed by atoms with E-state index >= 15 is 4.39 Å². The van der Waals surface area contributed by atoms with Gasteiger partial charge in [0.05, 0.1) is 29.8 Å². The van der Waals surface area contributed by atoms with Crippen LogP contribution in [0.4, 0.5) is 18.9 Å². The van der Waals surface area contributed by atoms with Crippen molar-refractivity contribution in [1.29, 1.82) is 0 Å². The first kappa shape index (κ1) is 24.4. The van der Waals surface area contributed by atoms with E-state index in [0.29, 0.717) is 20.5 Å². The predicted octanol–water partition coefficient (Wildman–Crippen LogP) is 6.21. The van der Waals surface area contributed by atoms with Gasteiger partial charge in [0.25, 0.3) is 5.91 Å². The fourth-order valence-corrected chi connectivity index (χ4v) is 5.84. The zero-order valence-corrected chi connectivity index (χ0v) is 21.5. The molecule has 184 valence electrons. The maximum atomic E-state index is 15.9. The number of hydrogen-bond donors (Lipinski definition) is 1. The van der Waals surface area contributed by atoms with E-state index in [2.05, 4.69) is 5.32 Å². The van der Waals surface area contributed by atoms with Gasteiger partial charge in [-0.2, -0.15) is 0 Å². The minimum atomic E-state index is -1.10. The average Bonchev–Trinajstić information content (AvgIpc) is 3.31. The predicted molar refractivity (Wildman–Crippen MR) is 137 cm³/mol. The molecule has 36 heavy (non-hydrogen) atoms. The molecule has 2 amide bonds. The quantitative estimate of drug-likeness (QED) is 0.276. The molecule has 1 aliphatic heterocycles. The standard InChI is InChI=1S/C27H20F3IN2O3/c1-27(2)22-20(31)11-19(25(34)32-12-18-9-15-5-3-4-6-21(15)36-18)23(30)24(22)33(26(27)35)13-14-7-16(28)10-17(29)8-14/h3-11H,12-13H2,1-2H3,(H,32,34). The SMILES string of the molecule is CC1(C)C(=O)N(Cc2cc(F)cc(F)c2)c2c(F)c(C(=O)NCc3cc4ccccc4o3)cc(I)c21. The number of anilines is 1. The molecule has 3 aromatic carbocycles. The monoisotopic (exact) mass is 604 g/mol. The van der Waals surface area contributed by atoms with Gasteiger partial charge in [-0.15, -0.1) is 0 Å². The van der Waals surface area contributed by atoms with Crippen LogP contribution in [0.5, 0.6) is 0 Å². The Morgan fingerprint density at radius 2 is 1.75 bits per heavy atom. The normalized spacial score (nSPS) is 14.4. The van der Waals surface area contributed by atoms with Crippen molar-refractivity contribution in [2.45, 2.75) is 32.4 Å².